The number of piperidine rings is 1. The number of halogens is 1. The predicted octanol–water partition coefficient (Wildman–Crippen LogP) is 3.66. The molecule has 9 heteroatoms. The van der Waals surface area contributed by atoms with Crippen LogP contribution in [0.3, 0.4) is 0 Å². The second-order valence-corrected chi connectivity index (χ2v) is 9.42. The molecule has 7 nitrogen and oxygen atoms in total. The van der Waals surface area contributed by atoms with E-state index in [9.17, 15) is 13.2 Å². The number of amides is 1. The first-order valence-electron chi connectivity index (χ1n) is 9.61. The van der Waals surface area contributed by atoms with Crippen LogP contribution in [0.15, 0.2) is 41.4 Å². The summed E-state index contributed by atoms with van der Waals surface area (Å²) in [6.45, 7) is 5.22. The van der Waals surface area contributed by atoms with Crippen LogP contribution in [-0.2, 0) is 10.0 Å². The van der Waals surface area contributed by atoms with Crippen molar-refractivity contribution in [2.45, 2.75) is 44.0 Å². The second kappa shape index (κ2) is 9.11. The van der Waals surface area contributed by atoms with Gasteiger partial charge in [-0.2, -0.15) is 0 Å². The number of sulfonamides is 1. The Labute approximate surface area is 176 Å². The fraction of sp³-hybridized carbons (Fsp3) is 0.400. The molecule has 0 spiro atoms. The van der Waals surface area contributed by atoms with Crippen LogP contribution in [0, 0.1) is 0 Å². The summed E-state index contributed by atoms with van der Waals surface area (Å²) in [6.07, 6.45) is 5.04. The Morgan fingerprint density at radius 3 is 2.59 bits per heavy atom. The van der Waals surface area contributed by atoms with Gasteiger partial charge in [-0.1, -0.05) is 11.6 Å². The SMILES string of the molecule is CC(C)NS(=O)(=O)c1ccc(Cl)c(C(=O)Nc2cccnc2N2CCCCC2)c1. The van der Waals surface area contributed by atoms with Gasteiger partial charge in [0.05, 0.1) is 21.2 Å². The van der Waals surface area contributed by atoms with Crippen molar-refractivity contribution in [1.82, 2.24) is 9.71 Å². The highest BCUT2D eigenvalue weighted by molar-refractivity contribution is 7.89. The van der Waals surface area contributed by atoms with Crippen LogP contribution in [0.5, 0.6) is 0 Å². The van der Waals surface area contributed by atoms with Gasteiger partial charge in [-0.25, -0.2) is 18.1 Å². The highest BCUT2D eigenvalue weighted by Crippen LogP contribution is 2.28. The van der Waals surface area contributed by atoms with Crippen molar-refractivity contribution >= 4 is 39.0 Å². The average Bonchev–Trinajstić information content (AvgIpc) is 2.68. The summed E-state index contributed by atoms with van der Waals surface area (Å²) < 4.78 is 27.4. The Balaban J connectivity index is 1.88. The van der Waals surface area contributed by atoms with Gasteiger partial charge >= 0.3 is 0 Å². The normalized spacial score (nSPS) is 14.8. The Bertz CT molecular complexity index is 989. The van der Waals surface area contributed by atoms with Gasteiger partial charge in [0.2, 0.25) is 10.0 Å². The van der Waals surface area contributed by atoms with Gasteiger partial charge in [-0.15, -0.1) is 0 Å². The van der Waals surface area contributed by atoms with E-state index in [2.05, 4.69) is 19.9 Å². The molecule has 29 heavy (non-hydrogen) atoms. The van der Waals surface area contributed by atoms with Crippen LogP contribution in [0.25, 0.3) is 0 Å². The number of nitrogens with one attached hydrogen (secondary N) is 2. The maximum atomic E-state index is 12.9. The molecule has 1 saturated heterocycles. The predicted molar refractivity (Wildman–Crippen MR) is 115 cm³/mol. The van der Waals surface area contributed by atoms with Crippen LogP contribution in [-0.4, -0.2) is 38.4 Å². The molecular weight excluding hydrogens is 412 g/mol. The largest absolute Gasteiger partial charge is 0.355 e. The first kappa shape index (κ1) is 21.5. The number of nitrogens with zero attached hydrogens (tertiary/aromatic N) is 2. The highest BCUT2D eigenvalue weighted by Gasteiger charge is 2.21. The molecule has 3 rings (SSSR count). The van der Waals surface area contributed by atoms with Crippen LogP contribution in [0.1, 0.15) is 43.5 Å². The van der Waals surface area contributed by atoms with Crippen molar-refractivity contribution in [3.63, 3.8) is 0 Å². The molecule has 1 amide bonds. The molecule has 0 bridgehead atoms. The van der Waals surface area contributed by atoms with Gasteiger partial charge in [0, 0.05) is 25.3 Å². The van der Waals surface area contributed by atoms with Gasteiger partial charge in [0.15, 0.2) is 5.82 Å². The number of pyridine rings is 1. The standard InChI is InChI=1S/C20H25ClN4O3S/c1-14(2)24-29(27,28)15-8-9-17(21)16(13-15)20(26)23-18-7-6-10-22-19(18)25-11-4-3-5-12-25/h6-10,13-14,24H,3-5,11-12H2,1-2H3,(H,23,26). The molecular formula is C20H25ClN4O3S. The maximum Gasteiger partial charge on any atom is 0.257 e. The first-order chi connectivity index (χ1) is 13.8. The molecule has 156 valence electrons. The lowest BCUT2D eigenvalue weighted by Crippen LogP contribution is -2.31. The summed E-state index contributed by atoms with van der Waals surface area (Å²) in [5, 5.41) is 3.02. The van der Waals surface area contributed by atoms with Crippen LogP contribution >= 0.6 is 11.6 Å². The van der Waals surface area contributed by atoms with Crippen LogP contribution < -0.4 is 14.9 Å². The lowest BCUT2D eigenvalue weighted by atomic mass is 10.1. The van der Waals surface area contributed by atoms with E-state index in [-0.39, 0.29) is 21.5 Å². The number of benzene rings is 1. The van der Waals surface area contributed by atoms with E-state index < -0.39 is 15.9 Å². The van der Waals surface area contributed by atoms with Crippen molar-refractivity contribution in [3.05, 3.63) is 47.1 Å². The Morgan fingerprint density at radius 2 is 1.90 bits per heavy atom. The highest BCUT2D eigenvalue weighted by atomic mass is 35.5. The second-order valence-electron chi connectivity index (χ2n) is 7.29. The summed E-state index contributed by atoms with van der Waals surface area (Å²) in [5.41, 5.74) is 0.663. The van der Waals surface area contributed by atoms with Crippen molar-refractivity contribution in [2.75, 3.05) is 23.3 Å². The van der Waals surface area contributed by atoms with Gasteiger partial charge in [0.25, 0.3) is 5.91 Å². The third-order valence-electron chi connectivity index (χ3n) is 4.57. The van der Waals surface area contributed by atoms with E-state index in [4.69, 9.17) is 11.6 Å². The minimum Gasteiger partial charge on any atom is -0.355 e. The number of aromatic nitrogens is 1. The zero-order chi connectivity index (χ0) is 21.0. The molecule has 0 unspecified atom stereocenters. The molecule has 1 aliphatic rings. The number of hydrogen-bond acceptors (Lipinski definition) is 5. The fourth-order valence-corrected chi connectivity index (χ4v) is 4.75. The summed E-state index contributed by atoms with van der Waals surface area (Å²) in [4.78, 5) is 19.5. The molecule has 0 atom stereocenters. The summed E-state index contributed by atoms with van der Waals surface area (Å²) in [6, 6.07) is 7.35. The minimum atomic E-state index is -3.74. The quantitative estimate of drug-likeness (QED) is 0.720. The number of rotatable bonds is 6. The van der Waals surface area contributed by atoms with Gasteiger partial charge in [-0.3, -0.25) is 4.79 Å². The molecule has 1 fully saturated rings. The number of anilines is 2. The molecule has 1 aromatic heterocycles. The lowest BCUT2D eigenvalue weighted by Gasteiger charge is -2.29. The summed E-state index contributed by atoms with van der Waals surface area (Å²) in [7, 11) is -3.74. The van der Waals surface area contributed by atoms with Crippen LogP contribution in [0.2, 0.25) is 5.02 Å². The van der Waals surface area contributed by atoms with E-state index in [1.165, 1.54) is 24.6 Å². The number of carbonyl (C=O) groups excluding carboxylic acids is 1. The van der Waals surface area contributed by atoms with Crippen molar-refractivity contribution < 1.29 is 13.2 Å². The summed E-state index contributed by atoms with van der Waals surface area (Å²) >= 11 is 6.20. The minimum absolute atomic E-state index is 0.0109. The zero-order valence-electron chi connectivity index (χ0n) is 16.5. The van der Waals surface area contributed by atoms with Gasteiger partial charge in [0.1, 0.15) is 0 Å². The lowest BCUT2D eigenvalue weighted by molar-refractivity contribution is 0.102. The molecule has 2 aromatic rings. The molecule has 2 N–H and O–H groups in total. The monoisotopic (exact) mass is 436 g/mol. The van der Waals surface area contributed by atoms with E-state index in [0.717, 1.165) is 25.9 Å². The van der Waals surface area contributed by atoms with E-state index in [0.29, 0.717) is 11.5 Å². The van der Waals surface area contributed by atoms with Crippen LogP contribution in [0.4, 0.5) is 11.5 Å². The Kier molecular flexibility index (Phi) is 6.77. The van der Waals surface area contributed by atoms with Crippen molar-refractivity contribution in [1.29, 1.82) is 0 Å². The topological polar surface area (TPSA) is 91.4 Å². The Morgan fingerprint density at radius 1 is 1.17 bits per heavy atom. The molecule has 0 saturated carbocycles. The third kappa shape index (κ3) is 5.26. The molecule has 1 aromatic carbocycles. The first-order valence-corrected chi connectivity index (χ1v) is 11.5. The number of hydrogen-bond donors (Lipinski definition) is 2. The smallest absolute Gasteiger partial charge is 0.257 e. The summed E-state index contributed by atoms with van der Waals surface area (Å²) in [5.74, 6) is 0.227. The third-order valence-corrected chi connectivity index (χ3v) is 6.56. The zero-order valence-corrected chi connectivity index (χ0v) is 18.1. The number of carbonyl (C=O) groups is 1. The molecule has 2 heterocycles. The van der Waals surface area contributed by atoms with E-state index in [1.807, 2.05) is 0 Å². The van der Waals surface area contributed by atoms with Crippen molar-refractivity contribution in [2.24, 2.45) is 0 Å². The maximum absolute atomic E-state index is 12.9. The molecule has 0 aliphatic carbocycles. The van der Waals surface area contributed by atoms with E-state index in [1.54, 1.807) is 32.2 Å². The van der Waals surface area contributed by atoms with Gasteiger partial charge in [-0.05, 0) is 63.4 Å². The van der Waals surface area contributed by atoms with E-state index >= 15 is 0 Å². The van der Waals surface area contributed by atoms with Gasteiger partial charge < -0.3 is 10.2 Å². The molecule has 1 aliphatic heterocycles. The fourth-order valence-electron chi connectivity index (χ4n) is 3.27. The molecule has 0 radical (unpaired) electrons. The average molecular weight is 437 g/mol. The van der Waals surface area contributed by atoms with Crippen molar-refractivity contribution in [3.8, 4) is 0 Å². The Hall–Kier alpha value is -2.16.